The molecule has 0 saturated heterocycles. The van der Waals surface area contributed by atoms with Crippen molar-refractivity contribution in [1.82, 2.24) is 19.9 Å². The van der Waals surface area contributed by atoms with Crippen molar-refractivity contribution >= 4 is 5.91 Å². The molecular weight excluding hydrogens is 276 g/mol. The summed E-state index contributed by atoms with van der Waals surface area (Å²) >= 11 is 0. The second-order valence-electron chi connectivity index (χ2n) is 5.02. The summed E-state index contributed by atoms with van der Waals surface area (Å²) in [5.74, 6) is -0.203. The van der Waals surface area contributed by atoms with E-state index in [9.17, 15) is 4.79 Å². The predicted octanol–water partition coefficient (Wildman–Crippen LogP) is 2.33. The fraction of sp³-hybridized carbons (Fsp3) is 0.118. The lowest BCUT2D eigenvalue weighted by molar-refractivity contribution is 0.0938. The molecule has 2 aromatic heterocycles. The molecule has 1 unspecified atom stereocenters. The topological polar surface area (TPSA) is 59.8 Å². The van der Waals surface area contributed by atoms with Gasteiger partial charge in [0.15, 0.2) is 0 Å². The highest BCUT2D eigenvalue weighted by Crippen LogP contribution is 2.21. The number of carbonyl (C=O) groups is 1. The molecule has 5 heteroatoms. The number of carbonyl (C=O) groups excluding carboxylic acids is 1. The molecule has 110 valence electrons. The molecule has 22 heavy (non-hydrogen) atoms. The van der Waals surface area contributed by atoms with Crippen molar-refractivity contribution in [2.75, 3.05) is 0 Å². The lowest BCUT2D eigenvalue weighted by Gasteiger charge is -2.19. The molecule has 1 atom stereocenters. The Morgan fingerprint density at radius 2 is 1.77 bits per heavy atom. The van der Waals surface area contributed by atoms with Gasteiger partial charge in [-0.25, -0.2) is 4.98 Å². The average Bonchev–Trinajstić information content (AvgIpc) is 3.01. The Morgan fingerprint density at radius 1 is 1.09 bits per heavy atom. The van der Waals surface area contributed by atoms with Gasteiger partial charge in [-0.3, -0.25) is 9.78 Å². The van der Waals surface area contributed by atoms with E-state index < -0.39 is 0 Å². The molecule has 0 radical (unpaired) electrons. The molecule has 3 aromatic rings. The van der Waals surface area contributed by atoms with Crippen LogP contribution in [0, 0.1) is 0 Å². The monoisotopic (exact) mass is 292 g/mol. The van der Waals surface area contributed by atoms with Crippen LogP contribution >= 0.6 is 0 Å². The van der Waals surface area contributed by atoms with E-state index in [-0.39, 0.29) is 11.9 Å². The number of benzene rings is 1. The number of amides is 1. The number of imidazole rings is 1. The Balaban J connectivity index is 1.91. The molecule has 2 heterocycles. The van der Waals surface area contributed by atoms with Gasteiger partial charge in [-0.05, 0) is 23.3 Å². The van der Waals surface area contributed by atoms with Crippen LogP contribution in [-0.4, -0.2) is 20.4 Å². The van der Waals surface area contributed by atoms with Crippen molar-refractivity contribution in [1.29, 1.82) is 0 Å². The molecule has 3 rings (SSSR count). The smallest absolute Gasteiger partial charge is 0.272 e. The van der Waals surface area contributed by atoms with Crippen LogP contribution in [-0.2, 0) is 7.05 Å². The van der Waals surface area contributed by atoms with Crippen LogP contribution < -0.4 is 5.32 Å². The summed E-state index contributed by atoms with van der Waals surface area (Å²) in [6.45, 7) is 0. The SMILES string of the molecule is Cn1cnc(C(=O)NC(c2ccccc2)c2ccncc2)c1. The molecule has 0 fully saturated rings. The summed E-state index contributed by atoms with van der Waals surface area (Å²) in [7, 11) is 1.83. The highest BCUT2D eigenvalue weighted by atomic mass is 16.2. The van der Waals surface area contributed by atoms with Crippen molar-refractivity contribution < 1.29 is 4.79 Å². The third-order valence-corrected chi connectivity index (χ3v) is 3.39. The first kappa shape index (κ1) is 14.0. The highest BCUT2D eigenvalue weighted by Gasteiger charge is 2.18. The van der Waals surface area contributed by atoms with Crippen LogP contribution in [0.15, 0.2) is 67.4 Å². The van der Waals surface area contributed by atoms with Gasteiger partial charge in [0.2, 0.25) is 0 Å². The van der Waals surface area contributed by atoms with Gasteiger partial charge < -0.3 is 9.88 Å². The molecule has 0 bridgehead atoms. The molecular formula is C17H16N4O. The van der Waals surface area contributed by atoms with E-state index in [0.717, 1.165) is 11.1 Å². The van der Waals surface area contributed by atoms with Gasteiger partial charge in [0, 0.05) is 25.6 Å². The molecule has 0 spiro atoms. The van der Waals surface area contributed by atoms with Crippen molar-refractivity contribution in [2.45, 2.75) is 6.04 Å². The zero-order valence-corrected chi connectivity index (χ0v) is 12.2. The average molecular weight is 292 g/mol. The summed E-state index contributed by atoms with van der Waals surface area (Å²) in [4.78, 5) is 20.5. The van der Waals surface area contributed by atoms with Crippen molar-refractivity contribution in [2.24, 2.45) is 7.05 Å². The second kappa shape index (κ2) is 6.22. The first-order chi connectivity index (χ1) is 10.7. The van der Waals surface area contributed by atoms with Gasteiger partial charge in [-0.2, -0.15) is 0 Å². The summed E-state index contributed by atoms with van der Waals surface area (Å²) in [5, 5.41) is 3.04. The zero-order chi connectivity index (χ0) is 15.4. The van der Waals surface area contributed by atoms with Crippen molar-refractivity contribution in [3.05, 3.63) is 84.2 Å². The maximum absolute atomic E-state index is 12.4. The fourth-order valence-corrected chi connectivity index (χ4v) is 2.30. The zero-order valence-electron chi connectivity index (χ0n) is 12.2. The van der Waals surface area contributed by atoms with E-state index in [4.69, 9.17) is 0 Å². The maximum atomic E-state index is 12.4. The first-order valence-electron chi connectivity index (χ1n) is 6.98. The van der Waals surface area contributed by atoms with Crippen LogP contribution in [0.4, 0.5) is 0 Å². The second-order valence-corrected chi connectivity index (χ2v) is 5.02. The third-order valence-electron chi connectivity index (χ3n) is 3.39. The molecule has 0 aliphatic heterocycles. The number of nitrogens with zero attached hydrogens (tertiary/aromatic N) is 3. The Labute approximate surface area is 128 Å². The summed E-state index contributed by atoms with van der Waals surface area (Å²) in [5.41, 5.74) is 2.39. The van der Waals surface area contributed by atoms with Gasteiger partial charge in [-0.15, -0.1) is 0 Å². The third kappa shape index (κ3) is 3.03. The van der Waals surface area contributed by atoms with Crippen LogP contribution in [0.1, 0.15) is 27.7 Å². The molecule has 1 aromatic carbocycles. The van der Waals surface area contributed by atoms with Gasteiger partial charge in [0.05, 0.1) is 12.4 Å². The van der Waals surface area contributed by atoms with Crippen molar-refractivity contribution in [3.8, 4) is 0 Å². The van der Waals surface area contributed by atoms with E-state index in [0.29, 0.717) is 5.69 Å². The molecule has 0 aliphatic rings. The number of hydrogen-bond donors (Lipinski definition) is 1. The quantitative estimate of drug-likeness (QED) is 0.803. The van der Waals surface area contributed by atoms with E-state index in [1.807, 2.05) is 49.5 Å². The summed E-state index contributed by atoms with van der Waals surface area (Å²) < 4.78 is 1.75. The number of aryl methyl sites for hydroxylation is 1. The molecule has 0 aliphatic carbocycles. The lowest BCUT2D eigenvalue weighted by atomic mass is 9.99. The van der Waals surface area contributed by atoms with Crippen molar-refractivity contribution in [3.63, 3.8) is 0 Å². The number of rotatable bonds is 4. The Hall–Kier alpha value is -2.95. The maximum Gasteiger partial charge on any atom is 0.272 e. The van der Waals surface area contributed by atoms with Crippen LogP contribution in [0.5, 0.6) is 0 Å². The Kier molecular flexibility index (Phi) is 3.96. The first-order valence-corrected chi connectivity index (χ1v) is 6.98. The number of aromatic nitrogens is 3. The number of hydrogen-bond acceptors (Lipinski definition) is 3. The summed E-state index contributed by atoms with van der Waals surface area (Å²) in [6, 6.07) is 13.4. The number of pyridine rings is 1. The largest absolute Gasteiger partial charge is 0.340 e. The normalized spacial score (nSPS) is 11.9. The molecule has 0 saturated carbocycles. The molecule has 1 N–H and O–H groups in total. The van der Waals surface area contributed by atoms with E-state index in [1.165, 1.54) is 0 Å². The molecule has 5 nitrogen and oxygen atoms in total. The highest BCUT2D eigenvalue weighted by molar-refractivity contribution is 5.92. The van der Waals surface area contributed by atoms with E-state index in [1.54, 1.807) is 29.5 Å². The van der Waals surface area contributed by atoms with Crippen LogP contribution in [0.3, 0.4) is 0 Å². The van der Waals surface area contributed by atoms with Gasteiger partial charge in [0.1, 0.15) is 5.69 Å². The van der Waals surface area contributed by atoms with E-state index in [2.05, 4.69) is 15.3 Å². The summed E-state index contributed by atoms with van der Waals surface area (Å²) in [6.07, 6.45) is 6.75. The minimum absolute atomic E-state index is 0.203. The predicted molar refractivity (Wildman–Crippen MR) is 83.2 cm³/mol. The standard InChI is InChI=1S/C17H16N4O/c1-21-11-15(19-12-21)17(22)20-16(13-5-3-2-4-6-13)14-7-9-18-10-8-14/h2-12,16H,1H3,(H,20,22). The minimum Gasteiger partial charge on any atom is -0.340 e. The number of nitrogens with one attached hydrogen (secondary N) is 1. The van der Waals surface area contributed by atoms with Crippen LogP contribution in [0.25, 0.3) is 0 Å². The van der Waals surface area contributed by atoms with Gasteiger partial charge in [0.25, 0.3) is 5.91 Å². The lowest BCUT2D eigenvalue weighted by Crippen LogP contribution is -2.29. The Bertz CT molecular complexity index is 713. The van der Waals surface area contributed by atoms with Gasteiger partial charge >= 0.3 is 0 Å². The van der Waals surface area contributed by atoms with Crippen LogP contribution in [0.2, 0.25) is 0 Å². The fourth-order valence-electron chi connectivity index (χ4n) is 2.30. The molecule has 1 amide bonds. The van der Waals surface area contributed by atoms with E-state index >= 15 is 0 Å². The van der Waals surface area contributed by atoms with Gasteiger partial charge in [-0.1, -0.05) is 30.3 Å². The Morgan fingerprint density at radius 3 is 2.41 bits per heavy atom. The minimum atomic E-state index is -0.237.